The molecule has 138 valence electrons. The summed E-state index contributed by atoms with van der Waals surface area (Å²) in [5, 5.41) is 7.88. The predicted molar refractivity (Wildman–Crippen MR) is 85.8 cm³/mol. The number of likely N-dealkylation sites (N-methyl/N-ethyl adjacent to an activating group) is 1. The molecule has 0 radical (unpaired) electrons. The molecule has 2 heterocycles. The van der Waals surface area contributed by atoms with Crippen molar-refractivity contribution >= 4 is 5.91 Å². The summed E-state index contributed by atoms with van der Waals surface area (Å²) in [5.74, 6) is -0.316. The van der Waals surface area contributed by atoms with E-state index in [1.807, 2.05) is 20.0 Å². The zero-order chi connectivity index (χ0) is 18.9. The summed E-state index contributed by atoms with van der Waals surface area (Å²) < 4.78 is 41.3. The highest BCUT2D eigenvalue weighted by molar-refractivity contribution is 5.79. The monoisotopic (exact) mass is 357 g/mol. The van der Waals surface area contributed by atoms with Crippen LogP contribution in [0.3, 0.4) is 0 Å². The number of carbonyl (C=O) groups excluding carboxylic acids is 1. The van der Waals surface area contributed by atoms with E-state index in [1.165, 1.54) is 11.8 Å². The van der Waals surface area contributed by atoms with Gasteiger partial charge in [0.25, 0.3) is 0 Å². The van der Waals surface area contributed by atoms with E-state index in [9.17, 15) is 18.0 Å². The third-order valence-electron chi connectivity index (χ3n) is 4.09. The van der Waals surface area contributed by atoms with Crippen LogP contribution in [0.25, 0.3) is 0 Å². The van der Waals surface area contributed by atoms with E-state index in [0.717, 1.165) is 28.6 Å². The van der Waals surface area contributed by atoms with Crippen LogP contribution in [0.4, 0.5) is 13.2 Å². The molecule has 0 aliphatic rings. The molecule has 0 saturated carbocycles. The van der Waals surface area contributed by atoms with E-state index in [1.54, 1.807) is 18.7 Å². The Morgan fingerprint density at radius 3 is 2.44 bits per heavy atom. The van der Waals surface area contributed by atoms with Gasteiger partial charge in [-0.2, -0.15) is 23.4 Å². The molecule has 0 aliphatic heterocycles. The third-order valence-corrected chi connectivity index (χ3v) is 4.09. The molecule has 1 amide bonds. The maximum absolute atomic E-state index is 12.8. The van der Waals surface area contributed by atoms with Crippen molar-refractivity contribution in [3.8, 4) is 0 Å². The molecule has 0 N–H and O–H groups in total. The number of hydrogen-bond acceptors (Lipinski definition) is 3. The Morgan fingerprint density at radius 2 is 1.96 bits per heavy atom. The molecule has 1 atom stereocenters. The molecule has 25 heavy (non-hydrogen) atoms. The summed E-state index contributed by atoms with van der Waals surface area (Å²) in [6, 6.07) is 0.113. The molecular formula is C16H22F3N5O. The van der Waals surface area contributed by atoms with Gasteiger partial charge in [0.2, 0.25) is 5.91 Å². The Hall–Kier alpha value is -2.32. The van der Waals surface area contributed by atoms with E-state index in [2.05, 4.69) is 10.2 Å². The van der Waals surface area contributed by atoms with Gasteiger partial charge in [-0.25, -0.2) is 0 Å². The number of amides is 1. The van der Waals surface area contributed by atoms with Crippen LogP contribution < -0.4 is 0 Å². The van der Waals surface area contributed by atoms with E-state index >= 15 is 0 Å². The van der Waals surface area contributed by atoms with Gasteiger partial charge in [0.1, 0.15) is 6.04 Å². The number of halogens is 3. The van der Waals surface area contributed by atoms with Crippen LogP contribution in [-0.4, -0.2) is 37.4 Å². The third kappa shape index (κ3) is 4.02. The van der Waals surface area contributed by atoms with Crippen molar-refractivity contribution in [2.75, 3.05) is 7.05 Å². The fourth-order valence-electron chi connectivity index (χ4n) is 2.65. The molecule has 2 aromatic heterocycles. The van der Waals surface area contributed by atoms with Gasteiger partial charge >= 0.3 is 6.18 Å². The fourth-order valence-corrected chi connectivity index (χ4v) is 2.65. The lowest BCUT2D eigenvalue weighted by molar-refractivity contribution is -0.142. The zero-order valence-electron chi connectivity index (χ0n) is 14.9. The van der Waals surface area contributed by atoms with Crippen molar-refractivity contribution in [1.29, 1.82) is 0 Å². The maximum Gasteiger partial charge on any atom is 0.435 e. The van der Waals surface area contributed by atoms with Gasteiger partial charge < -0.3 is 4.90 Å². The molecule has 6 nitrogen and oxygen atoms in total. The quantitative estimate of drug-likeness (QED) is 0.827. The van der Waals surface area contributed by atoms with Crippen LogP contribution >= 0.6 is 0 Å². The molecule has 9 heteroatoms. The summed E-state index contributed by atoms with van der Waals surface area (Å²) in [7, 11) is 1.62. The minimum absolute atomic E-state index is 0.288. The van der Waals surface area contributed by atoms with Gasteiger partial charge in [-0.05, 0) is 33.8 Å². The van der Waals surface area contributed by atoms with Crippen molar-refractivity contribution < 1.29 is 18.0 Å². The number of alkyl halides is 3. The van der Waals surface area contributed by atoms with Crippen molar-refractivity contribution in [3.63, 3.8) is 0 Å². The van der Waals surface area contributed by atoms with Crippen LogP contribution in [0.5, 0.6) is 0 Å². The summed E-state index contributed by atoms with van der Waals surface area (Å²) in [6.45, 7) is 7.92. The molecular weight excluding hydrogens is 335 g/mol. The second-order valence-electron chi connectivity index (χ2n) is 6.08. The van der Waals surface area contributed by atoms with Gasteiger partial charge in [-0.1, -0.05) is 0 Å². The first-order valence-electron chi connectivity index (χ1n) is 7.95. The lowest BCUT2D eigenvalue weighted by atomic mass is 10.2. The van der Waals surface area contributed by atoms with Gasteiger partial charge in [-0.3, -0.25) is 14.2 Å². The SMILES string of the molecule is CCn1cc(CN(C)C(=O)[C@H](C)n2nc(C(F)(F)F)cc2C)c(C)n1. The van der Waals surface area contributed by atoms with E-state index in [0.29, 0.717) is 6.54 Å². The first-order valence-corrected chi connectivity index (χ1v) is 7.95. The first-order chi connectivity index (χ1) is 11.5. The smallest absolute Gasteiger partial charge is 0.339 e. The Balaban J connectivity index is 2.16. The first kappa shape index (κ1) is 19.0. The van der Waals surface area contributed by atoms with E-state index in [4.69, 9.17) is 0 Å². The van der Waals surface area contributed by atoms with Gasteiger partial charge in [0.05, 0.1) is 5.69 Å². The minimum atomic E-state index is -4.53. The molecule has 0 fully saturated rings. The average molecular weight is 357 g/mol. The van der Waals surface area contributed by atoms with Gasteiger partial charge in [-0.15, -0.1) is 0 Å². The highest BCUT2D eigenvalue weighted by Gasteiger charge is 2.35. The standard InChI is InChI=1S/C16H22F3N5O/c1-6-23-9-13(11(3)20-23)8-22(5)15(25)12(4)24-10(2)7-14(21-24)16(17,18)19/h7,9,12H,6,8H2,1-5H3/t12-/m0/s1. The van der Waals surface area contributed by atoms with Crippen LogP contribution in [0.15, 0.2) is 12.3 Å². The van der Waals surface area contributed by atoms with Crippen molar-refractivity contribution in [3.05, 3.63) is 34.9 Å². The second kappa shape index (κ2) is 6.89. The fraction of sp³-hybridized carbons (Fsp3) is 0.562. The highest BCUT2D eigenvalue weighted by atomic mass is 19.4. The molecule has 0 bridgehead atoms. The number of aryl methyl sites for hydroxylation is 3. The summed E-state index contributed by atoms with van der Waals surface area (Å²) in [5.41, 5.74) is 1.02. The van der Waals surface area contributed by atoms with E-state index < -0.39 is 17.9 Å². The van der Waals surface area contributed by atoms with Gasteiger partial charge in [0.15, 0.2) is 5.69 Å². The number of rotatable bonds is 5. The van der Waals surface area contributed by atoms with Crippen LogP contribution in [-0.2, 0) is 24.1 Å². The Labute approximate surface area is 144 Å². The topological polar surface area (TPSA) is 56.0 Å². The Morgan fingerprint density at radius 1 is 1.32 bits per heavy atom. The number of nitrogens with zero attached hydrogens (tertiary/aromatic N) is 5. The maximum atomic E-state index is 12.8. The summed E-state index contributed by atoms with van der Waals surface area (Å²) in [6.07, 6.45) is -2.67. The summed E-state index contributed by atoms with van der Waals surface area (Å²) >= 11 is 0. The van der Waals surface area contributed by atoms with Gasteiger partial charge in [0, 0.05) is 37.6 Å². The summed E-state index contributed by atoms with van der Waals surface area (Å²) in [4.78, 5) is 14.1. The number of carbonyl (C=O) groups is 1. The normalized spacial score (nSPS) is 13.1. The average Bonchev–Trinajstić information content (AvgIpc) is 3.08. The molecule has 0 saturated heterocycles. The minimum Gasteiger partial charge on any atom is -0.339 e. The van der Waals surface area contributed by atoms with Crippen molar-refractivity contribution in [1.82, 2.24) is 24.5 Å². The van der Waals surface area contributed by atoms with Crippen LogP contribution in [0.2, 0.25) is 0 Å². The lowest BCUT2D eigenvalue weighted by Gasteiger charge is -2.22. The Kier molecular flexibility index (Phi) is 5.24. The second-order valence-corrected chi connectivity index (χ2v) is 6.08. The largest absolute Gasteiger partial charge is 0.435 e. The molecule has 0 aromatic carbocycles. The zero-order valence-corrected chi connectivity index (χ0v) is 14.9. The molecule has 2 rings (SSSR count). The lowest BCUT2D eigenvalue weighted by Crippen LogP contribution is -2.33. The number of aromatic nitrogens is 4. The molecule has 0 spiro atoms. The van der Waals surface area contributed by atoms with Crippen molar-refractivity contribution in [2.24, 2.45) is 0 Å². The Bertz CT molecular complexity index is 762. The predicted octanol–water partition coefficient (Wildman–Crippen LogP) is 2.95. The van der Waals surface area contributed by atoms with Crippen LogP contribution in [0.1, 0.15) is 42.5 Å². The van der Waals surface area contributed by atoms with Crippen molar-refractivity contribution in [2.45, 2.75) is 53.0 Å². The van der Waals surface area contributed by atoms with E-state index in [-0.39, 0.29) is 11.6 Å². The molecule has 2 aromatic rings. The number of hydrogen-bond donors (Lipinski definition) is 0. The molecule has 0 aliphatic carbocycles. The van der Waals surface area contributed by atoms with Crippen LogP contribution in [0, 0.1) is 13.8 Å². The highest BCUT2D eigenvalue weighted by Crippen LogP contribution is 2.29. The molecule has 0 unspecified atom stereocenters.